The van der Waals surface area contributed by atoms with Crippen LogP contribution in [0, 0.1) is 6.92 Å². The Bertz CT molecular complexity index is 387. The zero-order valence-corrected chi connectivity index (χ0v) is 7.10. The second-order valence-electron chi connectivity index (χ2n) is 2.50. The molecule has 0 aliphatic carbocycles. The first-order valence-electron chi connectivity index (χ1n) is 3.79. The Morgan fingerprint density at radius 1 is 1.62 bits per heavy atom. The molecule has 0 spiro atoms. The minimum Gasteiger partial charge on any atom is -0.324 e. The van der Waals surface area contributed by atoms with Gasteiger partial charge in [0.05, 0.1) is 6.54 Å². The molecule has 0 amide bonds. The van der Waals surface area contributed by atoms with E-state index in [2.05, 4.69) is 25.3 Å². The highest BCUT2D eigenvalue weighted by molar-refractivity contribution is 5.08. The fourth-order valence-corrected chi connectivity index (χ4v) is 1.03. The van der Waals surface area contributed by atoms with Crippen molar-refractivity contribution in [3.05, 3.63) is 18.0 Å². The van der Waals surface area contributed by atoms with E-state index < -0.39 is 0 Å². The van der Waals surface area contributed by atoms with E-state index in [0.717, 1.165) is 5.82 Å². The first-order valence-corrected chi connectivity index (χ1v) is 3.79. The van der Waals surface area contributed by atoms with Crippen LogP contribution in [0.15, 0.2) is 6.33 Å². The van der Waals surface area contributed by atoms with Gasteiger partial charge in [-0.2, -0.15) is 14.8 Å². The van der Waals surface area contributed by atoms with Gasteiger partial charge in [0, 0.05) is 0 Å². The van der Waals surface area contributed by atoms with Gasteiger partial charge in [-0.05, 0) is 6.92 Å². The van der Waals surface area contributed by atoms with Crippen LogP contribution in [0.25, 0.3) is 5.95 Å². The highest BCUT2D eigenvalue weighted by Gasteiger charge is 2.07. The topological polar surface area (TPSA) is 98.3 Å². The fourth-order valence-electron chi connectivity index (χ4n) is 1.03. The molecule has 0 radical (unpaired) electrons. The molecule has 13 heavy (non-hydrogen) atoms. The number of aryl methyl sites for hydroxylation is 1. The maximum absolute atomic E-state index is 5.40. The van der Waals surface area contributed by atoms with Crippen molar-refractivity contribution in [3.63, 3.8) is 0 Å². The van der Waals surface area contributed by atoms with Crippen LogP contribution in [0.5, 0.6) is 0 Å². The lowest BCUT2D eigenvalue weighted by atomic mass is 10.6. The third-order valence-corrected chi connectivity index (χ3v) is 1.60. The number of nitrogens with two attached hydrogens (primary N) is 1. The smallest absolute Gasteiger partial charge is 0.248 e. The Morgan fingerprint density at radius 2 is 2.46 bits per heavy atom. The van der Waals surface area contributed by atoms with Crippen molar-refractivity contribution in [3.8, 4) is 5.95 Å². The Kier molecular flexibility index (Phi) is 1.78. The van der Waals surface area contributed by atoms with Crippen LogP contribution in [-0.2, 0) is 6.54 Å². The van der Waals surface area contributed by atoms with Gasteiger partial charge in [0.25, 0.3) is 0 Å². The number of rotatable bonds is 2. The summed E-state index contributed by atoms with van der Waals surface area (Å²) in [4.78, 5) is 8.07. The average Bonchev–Trinajstić information content (AvgIpc) is 2.72. The van der Waals surface area contributed by atoms with E-state index >= 15 is 0 Å². The van der Waals surface area contributed by atoms with Crippen LogP contribution in [0.1, 0.15) is 11.6 Å². The van der Waals surface area contributed by atoms with Gasteiger partial charge in [-0.25, -0.2) is 10.1 Å². The molecular formula is C6H9N7. The van der Waals surface area contributed by atoms with E-state index in [0.29, 0.717) is 18.3 Å². The molecule has 0 aliphatic rings. The van der Waals surface area contributed by atoms with Crippen LogP contribution in [0.3, 0.4) is 0 Å². The van der Waals surface area contributed by atoms with E-state index in [4.69, 9.17) is 5.73 Å². The molecule has 2 aromatic heterocycles. The molecule has 7 heteroatoms. The summed E-state index contributed by atoms with van der Waals surface area (Å²) < 4.78 is 1.56. The van der Waals surface area contributed by atoms with Gasteiger partial charge in [-0.15, -0.1) is 5.10 Å². The lowest BCUT2D eigenvalue weighted by Crippen LogP contribution is -2.03. The van der Waals surface area contributed by atoms with Gasteiger partial charge in [0.1, 0.15) is 12.2 Å². The van der Waals surface area contributed by atoms with Crippen molar-refractivity contribution in [1.82, 2.24) is 29.9 Å². The second kappa shape index (κ2) is 2.94. The minimum absolute atomic E-state index is 0.321. The molecule has 3 N–H and O–H groups in total. The number of nitrogens with zero attached hydrogens (tertiary/aromatic N) is 5. The second-order valence-corrected chi connectivity index (χ2v) is 2.50. The van der Waals surface area contributed by atoms with Gasteiger partial charge in [-0.1, -0.05) is 0 Å². The van der Waals surface area contributed by atoms with E-state index in [1.165, 1.54) is 6.33 Å². The van der Waals surface area contributed by atoms with Gasteiger partial charge < -0.3 is 5.73 Å². The molecule has 0 fully saturated rings. The fraction of sp³-hybridized carbons (Fsp3) is 0.333. The summed E-state index contributed by atoms with van der Waals surface area (Å²) in [5, 5.41) is 10.5. The Morgan fingerprint density at radius 3 is 3.00 bits per heavy atom. The number of nitrogens with one attached hydrogen (secondary N) is 1. The van der Waals surface area contributed by atoms with Gasteiger partial charge in [0.15, 0.2) is 5.82 Å². The Hall–Kier alpha value is -1.76. The van der Waals surface area contributed by atoms with Crippen molar-refractivity contribution in [2.24, 2.45) is 5.73 Å². The van der Waals surface area contributed by atoms with Crippen LogP contribution >= 0.6 is 0 Å². The normalized spacial score (nSPS) is 10.6. The summed E-state index contributed by atoms with van der Waals surface area (Å²) in [6, 6.07) is 0. The summed E-state index contributed by atoms with van der Waals surface area (Å²) in [7, 11) is 0. The summed E-state index contributed by atoms with van der Waals surface area (Å²) in [6.45, 7) is 2.15. The van der Waals surface area contributed by atoms with Crippen LogP contribution in [0.2, 0.25) is 0 Å². The van der Waals surface area contributed by atoms with Crippen LogP contribution in [0.4, 0.5) is 0 Å². The molecule has 7 nitrogen and oxygen atoms in total. The van der Waals surface area contributed by atoms with Crippen molar-refractivity contribution >= 4 is 0 Å². The summed E-state index contributed by atoms with van der Waals surface area (Å²) in [6.07, 6.45) is 1.42. The lowest BCUT2D eigenvalue weighted by Gasteiger charge is -1.93. The van der Waals surface area contributed by atoms with Crippen LogP contribution in [-0.4, -0.2) is 29.9 Å². The van der Waals surface area contributed by atoms with Gasteiger partial charge in [-0.3, -0.25) is 0 Å². The number of aromatic amines is 1. The molecule has 0 atom stereocenters. The molecule has 68 valence electrons. The van der Waals surface area contributed by atoms with Crippen LogP contribution < -0.4 is 5.73 Å². The minimum atomic E-state index is 0.321. The number of hydrogen-bond acceptors (Lipinski definition) is 5. The van der Waals surface area contributed by atoms with Crippen molar-refractivity contribution < 1.29 is 0 Å². The van der Waals surface area contributed by atoms with E-state index in [1.54, 1.807) is 4.68 Å². The number of H-pyrrole nitrogens is 1. The molecule has 0 unspecified atom stereocenters. The highest BCUT2D eigenvalue weighted by atomic mass is 15.4. The predicted molar refractivity (Wildman–Crippen MR) is 43.9 cm³/mol. The van der Waals surface area contributed by atoms with Crippen molar-refractivity contribution in [2.75, 3.05) is 0 Å². The highest BCUT2D eigenvalue weighted by Crippen LogP contribution is 2.01. The van der Waals surface area contributed by atoms with Crippen molar-refractivity contribution in [1.29, 1.82) is 0 Å². The third kappa shape index (κ3) is 1.29. The number of hydrogen-bond donors (Lipinski definition) is 2. The zero-order valence-electron chi connectivity index (χ0n) is 7.10. The maximum Gasteiger partial charge on any atom is 0.248 e. The third-order valence-electron chi connectivity index (χ3n) is 1.60. The SMILES string of the molecule is Cc1nc(CN)nn1-c1ncn[nH]1. The molecule has 2 aromatic rings. The first kappa shape index (κ1) is 7.87. The monoisotopic (exact) mass is 179 g/mol. The standard InChI is InChI=1S/C6H9N7/c1-4-10-5(2-7)12-13(4)6-8-3-9-11-6/h3H,2,7H2,1H3,(H,8,9,11). The van der Waals surface area contributed by atoms with E-state index in [9.17, 15) is 0 Å². The quantitative estimate of drug-likeness (QED) is 0.625. The summed E-state index contributed by atoms with van der Waals surface area (Å²) >= 11 is 0. The van der Waals surface area contributed by atoms with Gasteiger partial charge in [0.2, 0.25) is 5.95 Å². The molecule has 0 aliphatic heterocycles. The Labute approximate surface area is 74.0 Å². The molecule has 0 saturated heterocycles. The van der Waals surface area contributed by atoms with Gasteiger partial charge >= 0.3 is 0 Å². The lowest BCUT2D eigenvalue weighted by molar-refractivity contribution is 0.765. The number of aromatic nitrogens is 6. The Balaban J connectivity index is 2.46. The maximum atomic E-state index is 5.40. The molecule has 2 rings (SSSR count). The average molecular weight is 179 g/mol. The molecular weight excluding hydrogens is 170 g/mol. The molecule has 0 bridgehead atoms. The summed E-state index contributed by atoms with van der Waals surface area (Å²) in [5.74, 6) is 1.87. The molecule has 0 aromatic carbocycles. The largest absolute Gasteiger partial charge is 0.324 e. The first-order chi connectivity index (χ1) is 6.31. The molecule has 2 heterocycles. The zero-order chi connectivity index (χ0) is 9.26. The molecule has 0 saturated carbocycles. The van der Waals surface area contributed by atoms with E-state index in [-0.39, 0.29) is 0 Å². The van der Waals surface area contributed by atoms with Crippen molar-refractivity contribution in [2.45, 2.75) is 13.5 Å². The predicted octanol–water partition coefficient (Wildman–Crippen LogP) is -0.847. The van der Waals surface area contributed by atoms with E-state index in [1.807, 2.05) is 6.92 Å². The summed E-state index contributed by atoms with van der Waals surface area (Å²) in [5.41, 5.74) is 5.40.